The Kier molecular flexibility index (Phi) is 13.9. The molecule has 0 spiro atoms. The Morgan fingerprint density at radius 1 is 1.19 bits per heavy atom. The van der Waals surface area contributed by atoms with Gasteiger partial charge in [-0.2, -0.15) is 0 Å². The molecule has 0 aliphatic rings. The van der Waals surface area contributed by atoms with E-state index in [9.17, 15) is 24.6 Å². The normalized spacial score (nSPS) is 12.4. The summed E-state index contributed by atoms with van der Waals surface area (Å²) in [5.41, 5.74) is 0.813. The molecule has 1 unspecified atom stereocenters. The number of carbonyl (C=O) groups excluding carboxylic acids is 3. The Bertz CT molecular complexity index is 581. The first kappa shape index (κ1) is 25.6. The molecule has 0 saturated heterocycles. The number of aliphatic carboxylic acids is 1. The van der Waals surface area contributed by atoms with Crippen molar-refractivity contribution in [3.63, 3.8) is 0 Å². The molecule has 2 atom stereocenters. The predicted molar refractivity (Wildman–Crippen MR) is 92.9 cm³/mol. The van der Waals surface area contributed by atoms with Crippen molar-refractivity contribution in [1.29, 1.82) is 0 Å². The van der Waals surface area contributed by atoms with Crippen LogP contribution in [0.2, 0.25) is 0 Å². The van der Waals surface area contributed by atoms with Gasteiger partial charge in [0.05, 0.1) is 12.6 Å². The van der Waals surface area contributed by atoms with E-state index in [0.29, 0.717) is 12.8 Å². The number of hydrogen-bond acceptors (Lipinski definition) is 6. The Balaban J connectivity index is 0.00000676. The van der Waals surface area contributed by atoms with Crippen LogP contribution in [0.15, 0.2) is 30.3 Å². The second-order valence-corrected chi connectivity index (χ2v) is 6.17. The number of carboxylic acid groups (broad SMARTS) is 1. The average molecular weight is 387 g/mol. The maximum absolute atomic E-state index is 11.9. The summed E-state index contributed by atoms with van der Waals surface area (Å²) in [5.74, 6) is -3.55. The SMILES string of the molecule is CCCCCC(C[C@@H](CO)NC(=O)OCc1ccccc1)C(=O)C(=O)[O-].[Na+]. The maximum Gasteiger partial charge on any atom is 1.00 e. The number of alkyl carbamates (subject to hydrolysis) is 1. The summed E-state index contributed by atoms with van der Waals surface area (Å²) in [5, 5.41) is 22.8. The minimum atomic E-state index is -1.74. The van der Waals surface area contributed by atoms with Crippen LogP contribution in [0, 0.1) is 5.92 Å². The fourth-order valence-electron chi connectivity index (χ4n) is 2.62. The van der Waals surface area contributed by atoms with E-state index in [0.717, 1.165) is 18.4 Å². The molecule has 27 heavy (non-hydrogen) atoms. The summed E-state index contributed by atoms with van der Waals surface area (Å²) in [6, 6.07) is 8.32. The quantitative estimate of drug-likeness (QED) is 0.248. The van der Waals surface area contributed by atoms with Crippen LogP contribution in [0.5, 0.6) is 0 Å². The number of nitrogens with one attached hydrogen (secondary N) is 1. The van der Waals surface area contributed by atoms with Crippen LogP contribution in [0.25, 0.3) is 0 Å². The summed E-state index contributed by atoms with van der Waals surface area (Å²) < 4.78 is 5.07. The van der Waals surface area contributed by atoms with E-state index in [1.165, 1.54) is 0 Å². The molecule has 0 aromatic heterocycles. The largest absolute Gasteiger partial charge is 1.00 e. The van der Waals surface area contributed by atoms with Crippen LogP contribution in [0.4, 0.5) is 4.79 Å². The monoisotopic (exact) mass is 387 g/mol. The molecule has 0 saturated carbocycles. The second-order valence-electron chi connectivity index (χ2n) is 6.17. The minimum absolute atomic E-state index is 0. The third-order valence-electron chi connectivity index (χ3n) is 4.05. The number of hydrogen-bond donors (Lipinski definition) is 2. The standard InChI is InChI=1S/C19H27NO6.Na/c1-2-3-5-10-15(17(22)18(23)24)11-16(12-21)20-19(25)26-13-14-8-6-4-7-9-14;/h4,6-9,15-16,21H,2-3,5,10-13H2,1H3,(H,20,25)(H,23,24);/q;+1/p-1/t15?,16-;/m0./s1. The van der Waals surface area contributed by atoms with Gasteiger partial charge in [-0.25, -0.2) is 4.79 Å². The van der Waals surface area contributed by atoms with Gasteiger partial charge < -0.3 is 25.1 Å². The molecule has 1 rings (SSSR count). The first-order valence-electron chi connectivity index (χ1n) is 8.81. The number of Topliss-reactive ketones (excluding diaryl/α,β-unsaturated/α-hetero) is 1. The number of aliphatic hydroxyl groups excluding tert-OH is 1. The Morgan fingerprint density at radius 3 is 2.41 bits per heavy atom. The number of rotatable bonds is 12. The molecule has 2 N–H and O–H groups in total. The van der Waals surface area contributed by atoms with E-state index in [4.69, 9.17) is 4.74 Å². The molecule has 1 amide bonds. The van der Waals surface area contributed by atoms with Crippen molar-refractivity contribution >= 4 is 17.8 Å². The van der Waals surface area contributed by atoms with Crippen molar-refractivity contribution in [1.82, 2.24) is 5.32 Å². The van der Waals surface area contributed by atoms with Crippen molar-refractivity contribution in [2.24, 2.45) is 5.92 Å². The van der Waals surface area contributed by atoms with Gasteiger partial charge in [-0.3, -0.25) is 4.79 Å². The van der Waals surface area contributed by atoms with Crippen molar-refractivity contribution in [3.8, 4) is 0 Å². The zero-order chi connectivity index (χ0) is 19.4. The maximum atomic E-state index is 11.9. The topological polar surface area (TPSA) is 116 Å². The van der Waals surface area contributed by atoms with Gasteiger partial charge in [0.25, 0.3) is 0 Å². The van der Waals surface area contributed by atoms with Gasteiger partial charge >= 0.3 is 35.7 Å². The Hall–Kier alpha value is -1.41. The van der Waals surface area contributed by atoms with E-state index in [-0.39, 0.29) is 42.6 Å². The summed E-state index contributed by atoms with van der Waals surface area (Å²) in [4.78, 5) is 34.6. The van der Waals surface area contributed by atoms with Gasteiger partial charge in [0, 0.05) is 5.92 Å². The molecule has 0 aliphatic heterocycles. The molecule has 8 heteroatoms. The molecular weight excluding hydrogens is 361 g/mol. The van der Waals surface area contributed by atoms with Gasteiger partial charge in [0.15, 0.2) is 5.78 Å². The zero-order valence-electron chi connectivity index (χ0n) is 16.0. The van der Waals surface area contributed by atoms with E-state index in [1.807, 2.05) is 25.1 Å². The molecule has 0 aliphatic carbocycles. The molecule has 1 aromatic carbocycles. The van der Waals surface area contributed by atoms with Crippen LogP contribution in [0.1, 0.15) is 44.6 Å². The first-order valence-corrected chi connectivity index (χ1v) is 8.81. The number of carbonyl (C=O) groups is 3. The minimum Gasteiger partial charge on any atom is -0.542 e. The van der Waals surface area contributed by atoms with Gasteiger partial charge in [0.1, 0.15) is 12.6 Å². The van der Waals surface area contributed by atoms with E-state index in [2.05, 4.69) is 5.32 Å². The van der Waals surface area contributed by atoms with Crippen molar-refractivity contribution in [2.45, 2.75) is 51.7 Å². The molecule has 0 radical (unpaired) electrons. The van der Waals surface area contributed by atoms with Crippen LogP contribution in [-0.4, -0.2) is 35.6 Å². The summed E-state index contributed by atoms with van der Waals surface area (Å²) >= 11 is 0. The molecule has 1 aromatic rings. The fraction of sp³-hybridized carbons (Fsp3) is 0.526. The molecule has 144 valence electrons. The average Bonchev–Trinajstić information content (AvgIpc) is 2.65. The number of carboxylic acids is 1. The summed E-state index contributed by atoms with van der Waals surface area (Å²) in [7, 11) is 0. The molecular formula is C19H26NNaO6. The first-order chi connectivity index (χ1) is 12.5. The van der Waals surface area contributed by atoms with Crippen molar-refractivity contribution in [2.75, 3.05) is 6.61 Å². The fourth-order valence-corrected chi connectivity index (χ4v) is 2.62. The smallest absolute Gasteiger partial charge is 0.542 e. The number of aliphatic hydroxyl groups is 1. The van der Waals surface area contributed by atoms with Crippen molar-refractivity contribution < 1.29 is 58.9 Å². The second kappa shape index (κ2) is 14.6. The molecule has 0 fully saturated rings. The van der Waals surface area contributed by atoms with Gasteiger partial charge in [-0.15, -0.1) is 0 Å². The number of benzene rings is 1. The van der Waals surface area contributed by atoms with Gasteiger partial charge in [-0.05, 0) is 18.4 Å². The summed E-state index contributed by atoms with van der Waals surface area (Å²) in [6.45, 7) is 1.64. The third-order valence-corrected chi connectivity index (χ3v) is 4.05. The predicted octanol–water partition coefficient (Wildman–Crippen LogP) is -1.82. The Morgan fingerprint density at radius 2 is 1.85 bits per heavy atom. The molecule has 7 nitrogen and oxygen atoms in total. The van der Waals surface area contributed by atoms with E-state index >= 15 is 0 Å². The van der Waals surface area contributed by atoms with E-state index in [1.54, 1.807) is 12.1 Å². The number of ketones is 1. The zero-order valence-corrected chi connectivity index (χ0v) is 18.0. The van der Waals surface area contributed by atoms with E-state index < -0.39 is 36.4 Å². The molecule has 0 bridgehead atoms. The van der Waals surface area contributed by atoms with Gasteiger partial charge in [-0.1, -0.05) is 56.5 Å². The van der Waals surface area contributed by atoms with Crippen molar-refractivity contribution in [3.05, 3.63) is 35.9 Å². The van der Waals surface area contributed by atoms with Crippen LogP contribution < -0.4 is 40.0 Å². The van der Waals surface area contributed by atoms with Gasteiger partial charge in [0.2, 0.25) is 0 Å². The van der Waals surface area contributed by atoms with Crippen LogP contribution in [-0.2, 0) is 20.9 Å². The number of amides is 1. The number of unbranched alkanes of at least 4 members (excludes halogenated alkanes) is 2. The van der Waals surface area contributed by atoms with Crippen LogP contribution >= 0.6 is 0 Å². The van der Waals surface area contributed by atoms with Crippen LogP contribution in [0.3, 0.4) is 0 Å². The summed E-state index contributed by atoms with van der Waals surface area (Å²) in [6.07, 6.45) is 2.15. The third kappa shape index (κ3) is 10.5. The molecule has 0 heterocycles. The number of ether oxygens (including phenoxy) is 1. The Labute approximate surface area is 181 Å².